The number of aromatic hydroxyl groups is 1. The molecule has 2 aliphatic heterocycles. The van der Waals surface area contributed by atoms with Crippen LogP contribution in [0.1, 0.15) is 18.4 Å². The largest absolute Gasteiger partial charge is 0.507 e. The van der Waals surface area contributed by atoms with Crippen LogP contribution >= 0.6 is 0 Å². The summed E-state index contributed by atoms with van der Waals surface area (Å²) in [6.07, 6.45) is 4.36. The van der Waals surface area contributed by atoms with Crippen LogP contribution in [0.3, 0.4) is 0 Å². The molecule has 0 unspecified atom stereocenters. The highest BCUT2D eigenvalue weighted by molar-refractivity contribution is 6.01. The van der Waals surface area contributed by atoms with E-state index in [0.29, 0.717) is 30.5 Å². The van der Waals surface area contributed by atoms with Gasteiger partial charge in [-0.1, -0.05) is 36.4 Å². The zero-order valence-corrected chi connectivity index (χ0v) is 17.1. The smallest absolute Gasteiger partial charge is 0.156 e. The molecule has 30 heavy (non-hydrogen) atoms. The van der Waals surface area contributed by atoms with Gasteiger partial charge in [0.05, 0.1) is 13.2 Å². The average molecular weight is 402 g/mol. The van der Waals surface area contributed by atoms with Gasteiger partial charge in [-0.05, 0) is 49.7 Å². The molecule has 2 aliphatic rings. The highest BCUT2D eigenvalue weighted by Gasteiger charge is 2.20. The van der Waals surface area contributed by atoms with Crippen molar-refractivity contribution in [3.63, 3.8) is 0 Å². The lowest BCUT2D eigenvalue weighted by atomic mass is 9.99. The zero-order valence-electron chi connectivity index (χ0n) is 17.1. The fourth-order valence-electron chi connectivity index (χ4n) is 4.41. The number of hydrogen-bond acceptors (Lipinski definition) is 6. The number of hydrogen-bond donors (Lipinski definition) is 2. The minimum atomic E-state index is 0.203. The maximum atomic E-state index is 10.8. The Balaban J connectivity index is 1.51. The molecular weight excluding hydrogens is 376 g/mol. The van der Waals surface area contributed by atoms with Gasteiger partial charge in [0.2, 0.25) is 0 Å². The third kappa shape index (κ3) is 3.64. The Hall–Kier alpha value is -2.96. The Bertz CT molecular complexity index is 1110. The first-order valence-corrected chi connectivity index (χ1v) is 10.5. The van der Waals surface area contributed by atoms with E-state index in [1.54, 1.807) is 6.07 Å². The van der Waals surface area contributed by atoms with Gasteiger partial charge in [0, 0.05) is 28.9 Å². The molecule has 0 aliphatic carbocycles. The van der Waals surface area contributed by atoms with Gasteiger partial charge >= 0.3 is 0 Å². The van der Waals surface area contributed by atoms with Crippen LogP contribution in [0.15, 0.2) is 48.5 Å². The molecule has 3 aromatic rings. The Morgan fingerprint density at radius 3 is 2.77 bits per heavy atom. The van der Waals surface area contributed by atoms with Gasteiger partial charge < -0.3 is 20.1 Å². The molecule has 1 fully saturated rings. The molecule has 5 rings (SSSR count). The van der Waals surface area contributed by atoms with Crippen molar-refractivity contribution in [1.29, 1.82) is 0 Å². The van der Waals surface area contributed by atoms with E-state index >= 15 is 0 Å². The molecule has 2 aromatic carbocycles. The first-order chi connectivity index (χ1) is 14.7. The molecule has 0 spiro atoms. The number of nitrogens with one attached hydrogen (secondary N) is 1. The molecule has 1 aromatic heterocycles. The van der Waals surface area contributed by atoms with Crippen LogP contribution in [0.2, 0.25) is 0 Å². The van der Waals surface area contributed by atoms with Crippen molar-refractivity contribution >= 4 is 22.2 Å². The molecule has 6 heteroatoms. The number of phenols is 1. The fourth-order valence-corrected chi connectivity index (χ4v) is 4.41. The topological polar surface area (TPSA) is 70.5 Å². The summed E-state index contributed by atoms with van der Waals surface area (Å²) in [5.41, 5.74) is 3.46. The van der Waals surface area contributed by atoms with Gasteiger partial charge in [0.1, 0.15) is 11.4 Å². The van der Waals surface area contributed by atoms with E-state index in [1.165, 1.54) is 6.42 Å². The van der Waals surface area contributed by atoms with Crippen molar-refractivity contribution in [3.8, 4) is 17.0 Å². The SMILES string of the molecule is CN1CCC[C@@H](Nc2nnc(-c3ccc(C4=CCOC4)cc3O)c3ccccc23)C1. The molecule has 0 amide bonds. The lowest BCUT2D eigenvalue weighted by Gasteiger charge is -2.30. The van der Waals surface area contributed by atoms with Gasteiger partial charge in [-0.25, -0.2) is 0 Å². The van der Waals surface area contributed by atoms with Crippen LogP contribution in [0.4, 0.5) is 5.82 Å². The lowest BCUT2D eigenvalue weighted by molar-refractivity contribution is 0.216. The van der Waals surface area contributed by atoms with Crippen LogP contribution in [-0.2, 0) is 4.74 Å². The summed E-state index contributed by atoms with van der Waals surface area (Å²) in [4.78, 5) is 2.34. The Labute approximate surface area is 176 Å². The van der Waals surface area contributed by atoms with Crippen molar-refractivity contribution in [1.82, 2.24) is 15.1 Å². The van der Waals surface area contributed by atoms with E-state index in [2.05, 4.69) is 33.5 Å². The predicted octanol–water partition coefficient (Wildman–Crippen LogP) is 3.92. The maximum absolute atomic E-state index is 10.8. The molecule has 2 N–H and O–H groups in total. The highest BCUT2D eigenvalue weighted by Crippen LogP contribution is 2.36. The molecule has 6 nitrogen and oxygen atoms in total. The minimum absolute atomic E-state index is 0.203. The van der Waals surface area contributed by atoms with Gasteiger partial charge in [-0.3, -0.25) is 0 Å². The second-order valence-corrected chi connectivity index (χ2v) is 8.16. The molecule has 1 saturated heterocycles. The van der Waals surface area contributed by atoms with Gasteiger partial charge in [0.15, 0.2) is 5.82 Å². The Kier molecular flexibility index (Phi) is 5.11. The van der Waals surface area contributed by atoms with E-state index in [-0.39, 0.29) is 5.75 Å². The number of aromatic nitrogens is 2. The number of phenolic OH excluding ortho intramolecular Hbond substituents is 1. The lowest BCUT2D eigenvalue weighted by Crippen LogP contribution is -2.40. The summed E-state index contributed by atoms with van der Waals surface area (Å²) >= 11 is 0. The number of fused-ring (bicyclic) bond motifs is 1. The standard InChI is InChI=1S/C24H26N4O2/c1-28-11-4-5-18(14-28)25-24-20-7-3-2-6-19(20)23(26-27-24)21-9-8-16(13-22(21)29)17-10-12-30-15-17/h2-3,6-10,13,18,29H,4-5,11-12,14-15H2,1H3,(H,25,27)/t18-/m1/s1. The molecule has 1 atom stereocenters. The summed E-state index contributed by atoms with van der Waals surface area (Å²) in [6, 6.07) is 14.2. The average Bonchev–Trinajstić information content (AvgIpc) is 3.29. The number of ether oxygens (including phenoxy) is 1. The molecule has 154 valence electrons. The molecule has 0 saturated carbocycles. The number of likely N-dealkylation sites (N-methyl/N-ethyl adjacent to an activating group) is 1. The molecule has 0 bridgehead atoms. The quantitative estimate of drug-likeness (QED) is 0.689. The fraction of sp³-hybridized carbons (Fsp3) is 0.333. The number of rotatable bonds is 4. The maximum Gasteiger partial charge on any atom is 0.156 e. The Morgan fingerprint density at radius 1 is 1.13 bits per heavy atom. The van der Waals surface area contributed by atoms with Crippen LogP contribution in [0.25, 0.3) is 27.6 Å². The third-order valence-corrected chi connectivity index (χ3v) is 5.98. The highest BCUT2D eigenvalue weighted by atomic mass is 16.5. The summed E-state index contributed by atoms with van der Waals surface area (Å²) in [7, 11) is 2.15. The molecule has 0 radical (unpaired) electrons. The summed E-state index contributed by atoms with van der Waals surface area (Å²) < 4.78 is 5.40. The van der Waals surface area contributed by atoms with Gasteiger partial charge in [-0.15, -0.1) is 10.2 Å². The van der Waals surface area contributed by atoms with Crippen molar-refractivity contribution in [2.45, 2.75) is 18.9 Å². The van der Waals surface area contributed by atoms with E-state index in [1.807, 2.05) is 36.4 Å². The van der Waals surface area contributed by atoms with Crippen LogP contribution in [0.5, 0.6) is 5.75 Å². The number of nitrogens with zero attached hydrogens (tertiary/aromatic N) is 3. The molecular formula is C24H26N4O2. The minimum Gasteiger partial charge on any atom is -0.507 e. The van der Waals surface area contributed by atoms with Crippen LogP contribution in [0, 0.1) is 0 Å². The number of likely N-dealkylation sites (tertiary alicyclic amines) is 1. The summed E-state index contributed by atoms with van der Waals surface area (Å²) in [5.74, 6) is 1.01. The summed E-state index contributed by atoms with van der Waals surface area (Å²) in [6.45, 7) is 3.35. The van der Waals surface area contributed by atoms with Crippen molar-refractivity contribution in [3.05, 3.63) is 54.1 Å². The van der Waals surface area contributed by atoms with Crippen LogP contribution < -0.4 is 5.32 Å². The molecule has 3 heterocycles. The van der Waals surface area contributed by atoms with Crippen molar-refractivity contribution in [2.75, 3.05) is 38.7 Å². The van der Waals surface area contributed by atoms with E-state index in [0.717, 1.165) is 47.2 Å². The first kappa shape index (κ1) is 19.0. The van der Waals surface area contributed by atoms with Crippen molar-refractivity contribution in [2.24, 2.45) is 0 Å². The van der Waals surface area contributed by atoms with Gasteiger partial charge in [-0.2, -0.15) is 0 Å². The predicted molar refractivity (Wildman–Crippen MR) is 120 cm³/mol. The zero-order chi connectivity index (χ0) is 20.5. The monoisotopic (exact) mass is 402 g/mol. The number of benzene rings is 2. The van der Waals surface area contributed by atoms with E-state index in [9.17, 15) is 5.11 Å². The summed E-state index contributed by atoms with van der Waals surface area (Å²) in [5, 5.41) is 25.4. The third-order valence-electron chi connectivity index (χ3n) is 5.98. The van der Waals surface area contributed by atoms with E-state index < -0.39 is 0 Å². The number of piperidine rings is 1. The normalized spacial score (nSPS) is 19.8. The van der Waals surface area contributed by atoms with Gasteiger partial charge in [0.25, 0.3) is 0 Å². The van der Waals surface area contributed by atoms with Crippen molar-refractivity contribution < 1.29 is 9.84 Å². The Morgan fingerprint density at radius 2 is 2.00 bits per heavy atom. The van der Waals surface area contributed by atoms with Crippen LogP contribution in [-0.4, -0.2) is 59.6 Å². The first-order valence-electron chi connectivity index (χ1n) is 10.5. The second-order valence-electron chi connectivity index (χ2n) is 8.16. The second kappa shape index (κ2) is 8.05. The number of anilines is 1. The van der Waals surface area contributed by atoms with E-state index in [4.69, 9.17) is 4.74 Å².